The van der Waals surface area contributed by atoms with Gasteiger partial charge in [0.25, 0.3) is 5.91 Å². The molecule has 2 aromatic heterocycles. The molecule has 0 aliphatic rings. The Kier molecular flexibility index (Phi) is 5.72. The number of nitrogens with zero attached hydrogens (tertiary/aromatic N) is 1. The summed E-state index contributed by atoms with van der Waals surface area (Å²) < 4.78 is 16.8. The number of carbonyl (C=O) groups excluding carboxylic acids is 1. The number of hydrogen-bond donors (Lipinski definition) is 1. The zero-order valence-electron chi connectivity index (χ0n) is 17.0. The van der Waals surface area contributed by atoms with Gasteiger partial charge in [-0.15, -0.1) is 11.3 Å². The van der Waals surface area contributed by atoms with Gasteiger partial charge in [-0.1, -0.05) is 12.1 Å². The van der Waals surface area contributed by atoms with E-state index in [2.05, 4.69) is 10.3 Å². The van der Waals surface area contributed by atoms with E-state index < -0.39 is 0 Å². The van der Waals surface area contributed by atoms with Crippen LogP contribution in [0, 0.1) is 6.92 Å². The highest BCUT2D eigenvalue weighted by molar-refractivity contribution is 7.16. The molecule has 0 bridgehead atoms. The molecular weight excluding hydrogens is 400 g/mol. The molecule has 0 atom stereocenters. The molecule has 154 valence electrons. The summed E-state index contributed by atoms with van der Waals surface area (Å²) in [7, 11) is 0. The van der Waals surface area contributed by atoms with Crippen LogP contribution < -0.4 is 14.8 Å². The van der Waals surface area contributed by atoms with Crippen LogP contribution in [0.2, 0.25) is 0 Å². The molecule has 0 saturated heterocycles. The largest absolute Gasteiger partial charge is 0.494 e. The molecule has 0 saturated carbocycles. The molecule has 4 rings (SSSR count). The number of carbonyl (C=O) groups is 1. The minimum Gasteiger partial charge on any atom is -0.494 e. The minimum absolute atomic E-state index is 0.215. The lowest BCUT2D eigenvalue weighted by atomic mass is 10.1. The number of aromatic nitrogens is 1. The Morgan fingerprint density at radius 3 is 2.60 bits per heavy atom. The van der Waals surface area contributed by atoms with Gasteiger partial charge in [0.05, 0.1) is 18.9 Å². The van der Waals surface area contributed by atoms with Gasteiger partial charge in [-0.25, -0.2) is 4.98 Å². The van der Waals surface area contributed by atoms with Crippen LogP contribution in [0.25, 0.3) is 22.2 Å². The molecule has 0 spiro atoms. The number of benzene rings is 2. The standard InChI is InChI=1S/C23H22N2O4S/c1-4-27-17-11-9-15(10-12-17)20-14(3)30-23(24-20)25-22(26)19-13-16-7-6-8-18(28-5-2)21(16)29-19/h6-13H,4-5H2,1-3H3,(H,24,25,26). The van der Waals surface area contributed by atoms with Gasteiger partial charge in [-0.3, -0.25) is 10.1 Å². The molecular formula is C23H22N2O4S. The number of fused-ring (bicyclic) bond motifs is 1. The van der Waals surface area contributed by atoms with Crippen molar-refractivity contribution < 1.29 is 18.7 Å². The number of furan rings is 1. The zero-order valence-corrected chi connectivity index (χ0v) is 17.8. The van der Waals surface area contributed by atoms with E-state index in [1.807, 2.05) is 63.2 Å². The van der Waals surface area contributed by atoms with Crippen LogP contribution in [0.1, 0.15) is 29.3 Å². The zero-order chi connectivity index (χ0) is 21.1. The second kappa shape index (κ2) is 8.59. The summed E-state index contributed by atoms with van der Waals surface area (Å²) in [4.78, 5) is 18.3. The van der Waals surface area contributed by atoms with Gasteiger partial charge in [0.15, 0.2) is 22.2 Å². The van der Waals surface area contributed by atoms with E-state index in [4.69, 9.17) is 13.9 Å². The molecule has 2 aromatic carbocycles. The lowest BCUT2D eigenvalue weighted by Crippen LogP contribution is -2.10. The monoisotopic (exact) mass is 422 g/mol. The topological polar surface area (TPSA) is 73.6 Å². The van der Waals surface area contributed by atoms with Crippen LogP contribution in [0.15, 0.2) is 52.9 Å². The minimum atomic E-state index is -0.347. The lowest BCUT2D eigenvalue weighted by Gasteiger charge is -2.04. The maximum atomic E-state index is 12.7. The Balaban J connectivity index is 1.55. The van der Waals surface area contributed by atoms with Crippen molar-refractivity contribution in [1.82, 2.24) is 4.98 Å². The van der Waals surface area contributed by atoms with Crippen molar-refractivity contribution in [2.24, 2.45) is 0 Å². The van der Waals surface area contributed by atoms with Crippen molar-refractivity contribution in [3.8, 4) is 22.8 Å². The fourth-order valence-electron chi connectivity index (χ4n) is 3.17. The first-order chi connectivity index (χ1) is 14.6. The summed E-state index contributed by atoms with van der Waals surface area (Å²) in [6.07, 6.45) is 0. The number of thiazole rings is 1. The number of rotatable bonds is 7. The molecule has 2 heterocycles. The van der Waals surface area contributed by atoms with E-state index in [-0.39, 0.29) is 11.7 Å². The first-order valence-corrected chi connectivity index (χ1v) is 10.6. The Labute approximate surface area is 178 Å². The molecule has 0 radical (unpaired) electrons. The highest BCUT2D eigenvalue weighted by Crippen LogP contribution is 2.33. The van der Waals surface area contributed by atoms with Gasteiger partial charge >= 0.3 is 0 Å². The molecule has 0 unspecified atom stereocenters. The summed E-state index contributed by atoms with van der Waals surface area (Å²) in [6.45, 7) is 6.98. The third-order valence-corrected chi connectivity index (χ3v) is 5.37. The summed E-state index contributed by atoms with van der Waals surface area (Å²) in [6, 6.07) is 15.1. The van der Waals surface area contributed by atoms with E-state index in [1.165, 1.54) is 11.3 Å². The maximum absolute atomic E-state index is 12.7. The SMILES string of the molecule is CCOc1ccc(-c2nc(NC(=O)c3cc4cccc(OCC)c4o3)sc2C)cc1. The van der Waals surface area contributed by atoms with Crippen molar-refractivity contribution >= 4 is 33.3 Å². The number of amides is 1. The third kappa shape index (κ3) is 4.02. The van der Waals surface area contributed by atoms with Crippen LogP contribution in [0.4, 0.5) is 5.13 Å². The van der Waals surface area contributed by atoms with Crippen LogP contribution in [0.5, 0.6) is 11.5 Å². The second-order valence-corrected chi connectivity index (χ2v) is 7.76. The number of hydrogen-bond acceptors (Lipinski definition) is 6. The van der Waals surface area contributed by atoms with Gasteiger partial charge in [-0.2, -0.15) is 0 Å². The molecule has 6 nitrogen and oxygen atoms in total. The predicted molar refractivity (Wildman–Crippen MR) is 119 cm³/mol. The Hall–Kier alpha value is -3.32. The van der Waals surface area contributed by atoms with Gasteiger partial charge in [-0.05, 0) is 57.2 Å². The van der Waals surface area contributed by atoms with Crippen LogP contribution >= 0.6 is 11.3 Å². The lowest BCUT2D eigenvalue weighted by molar-refractivity contribution is 0.0998. The van der Waals surface area contributed by atoms with Gasteiger partial charge in [0, 0.05) is 15.8 Å². The van der Waals surface area contributed by atoms with Gasteiger partial charge in [0.2, 0.25) is 0 Å². The smallest absolute Gasteiger partial charge is 0.293 e. The third-order valence-electron chi connectivity index (χ3n) is 4.49. The second-order valence-electron chi connectivity index (χ2n) is 6.55. The van der Waals surface area contributed by atoms with E-state index in [0.29, 0.717) is 29.7 Å². The normalized spacial score (nSPS) is 10.9. The van der Waals surface area contributed by atoms with Crippen molar-refractivity contribution in [3.05, 3.63) is 59.2 Å². The van der Waals surface area contributed by atoms with Crippen molar-refractivity contribution in [3.63, 3.8) is 0 Å². The predicted octanol–water partition coefficient (Wildman–Crippen LogP) is 5.91. The van der Waals surface area contributed by atoms with Gasteiger partial charge < -0.3 is 13.9 Å². The Morgan fingerprint density at radius 1 is 1.10 bits per heavy atom. The molecule has 1 amide bonds. The summed E-state index contributed by atoms with van der Waals surface area (Å²) >= 11 is 1.42. The van der Waals surface area contributed by atoms with Crippen LogP contribution in [-0.4, -0.2) is 24.1 Å². The molecule has 4 aromatic rings. The Bertz CT molecular complexity index is 1180. The molecule has 0 aliphatic carbocycles. The number of aryl methyl sites for hydroxylation is 1. The van der Waals surface area contributed by atoms with Crippen LogP contribution in [-0.2, 0) is 0 Å². The highest BCUT2D eigenvalue weighted by atomic mass is 32.1. The fraction of sp³-hybridized carbons (Fsp3) is 0.217. The maximum Gasteiger partial charge on any atom is 0.293 e. The number of anilines is 1. The van der Waals surface area contributed by atoms with E-state index in [0.717, 1.165) is 27.3 Å². The summed E-state index contributed by atoms with van der Waals surface area (Å²) in [5, 5.41) is 4.18. The average Bonchev–Trinajstić information content (AvgIpc) is 3.33. The molecule has 30 heavy (non-hydrogen) atoms. The van der Waals surface area contributed by atoms with Crippen molar-refractivity contribution in [1.29, 1.82) is 0 Å². The average molecular weight is 423 g/mol. The molecule has 7 heteroatoms. The van der Waals surface area contributed by atoms with E-state index >= 15 is 0 Å². The van der Waals surface area contributed by atoms with E-state index in [9.17, 15) is 4.79 Å². The first-order valence-electron chi connectivity index (χ1n) is 9.76. The highest BCUT2D eigenvalue weighted by Gasteiger charge is 2.18. The van der Waals surface area contributed by atoms with Gasteiger partial charge in [0.1, 0.15) is 5.75 Å². The summed E-state index contributed by atoms with van der Waals surface area (Å²) in [5.74, 6) is 1.31. The Morgan fingerprint density at radius 2 is 1.87 bits per heavy atom. The number of para-hydroxylation sites is 1. The molecule has 0 aliphatic heterocycles. The van der Waals surface area contributed by atoms with Crippen molar-refractivity contribution in [2.45, 2.75) is 20.8 Å². The first kappa shape index (κ1) is 20.0. The number of nitrogens with one attached hydrogen (secondary N) is 1. The van der Waals surface area contributed by atoms with Crippen molar-refractivity contribution in [2.75, 3.05) is 18.5 Å². The summed E-state index contributed by atoms with van der Waals surface area (Å²) in [5.41, 5.74) is 2.37. The fourth-order valence-corrected chi connectivity index (χ4v) is 4.00. The quantitative estimate of drug-likeness (QED) is 0.400. The van der Waals surface area contributed by atoms with Crippen LogP contribution in [0.3, 0.4) is 0 Å². The van der Waals surface area contributed by atoms with E-state index in [1.54, 1.807) is 6.07 Å². The molecule has 0 fully saturated rings. The number of ether oxygens (including phenoxy) is 2. The molecule has 1 N–H and O–H groups in total.